The first-order valence-electron chi connectivity index (χ1n) is 1.02. The van der Waals surface area contributed by atoms with Gasteiger partial charge in [-0.1, -0.05) is 11.6 Å². The third-order valence-electron chi connectivity index (χ3n) is 0.130. The Morgan fingerprint density at radius 2 is 2.40 bits per heavy atom. The Balaban J connectivity index is 2.62. The molecule has 0 unspecified atom stereocenters. The van der Waals surface area contributed by atoms with Crippen LogP contribution in [0.4, 0.5) is 0 Å². The van der Waals surface area contributed by atoms with Gasteiger partial charge in [-0.05, 0) is 0 Å². The summed E-state index contributed by atoms with van der Waals surface area (Å²) >= 11 is 4.92. The van der Waals surface area contributed by atoms with Gasteiger partial charge in [-0.15, -0.1) is 0 Å². The van der Waals surface area contributed by atoms with E-state index in [1.165, 1.54) is 11.8 Å². The molecule has 0 aromatic heterocycles. The van der Waals surface area contributed by atoms with Gasteiger partial charge in [0.2, 0.25) is 0 Å². The Morgan fingerprint density at radius 1 is 1.80 bits per heavy atom. The lowest BCUT2D eigenvalue weighted by atomic mass is 11.2. The number of halogens is 1. The van der Waals surface area contributed by atoms with E-state index < -0.39 is 0 Å². The quantitative estimate of drug-likeness (QED) is 0.380. The molecule has 2 N–H and O–H groups in total. The summed E-state index contributed by atoms with van der Waals surface area (Å²) in [7, 11) is 0. The van der Waals surface area contributed by atoms with Crippen LogP contribution >= 0.6 is 11.6 Å². The van der Waals surface area contributed by atoms with Crippen LogP contribution in [0.2, 0.25) is 0 Å². The van der Waals surface area contributed by atoms with Crippen molar-refractivity contribution >= 4 is 11.6 Å². The topological polar surface area (TPSA) is 35.2 Å². The maximum atomic E-state index is 4.92. The fraction of sp³-hybridized carbons (Fsp3) is 0. The number of hydrogen-bond donors (Lipinski definition) is 1. The van der Waals surface area contributed by atoms with Gasteiger partial charge in [0.1, 0.15) is 6.26 Å². The molecule has 30 valence electrons. The minimum Gasteiger partial charge on any atom is -0.418 e. The van der Waals surface area contributed by atoms with E-state index in [9.17, 15) is 0 Å². The summed E-state index contributed by atoms with van der Waals surface area (Å²) in [5, 5.41) is 0. The fourth-order valence-corrected chi connectivity index (χ4v) is 0.0891. The SMILES string of the molecule is NOC=CCl. The monoisotopic (exact) mass is 93.0 g/mol. The van der Waals surface area contributed by atoms with Crippen LogP contribution in [0.3, 0.4) is 0 Å². The normalized spacial score (nSPS) is 9.20. The van der Waals surface area contributed by atoms with E-state index in [2.05, 4.69) is 10.7 Å². The van der Waals surface area contributed by atoms with Crippen molar-refractivity contribution in [1.29, 1.82) is 0 Å². The van der Waals surface area contributed by atoms with Gasteiger partial charge in [-0.3, -0.25) is 0 Å². The van der Waals surface area contributed by atoms with E-state index in [-0.39, 0.29) is 0 Å². The summed E-state index contributed by atoms with van der Waals surface area (Å²) in [6.07, 6.45) is 1.17. The van der Waals surface area contributed by atoms with Gasteiger partial charge in [-0.2, -0.15) is 5.90 Å². The maximum absolute atomic E-state index is 4.92. The largest absolute Gasteiger partial charge is 0.418 e. The standard InChI is InChI=1S/C2H4ClNO/c3-1-2-5-4/h1-2H,4H2. The molecule has 0 saturated carbocycles. The molecule has 0 heterocycles. The highest BCUT2D eigenvalue weighted by molar-refractivity contribution is 6.25. The zero-order valence-electron chi connectivity index (χ0n) is 2.52. The molecule has 5 heavy (non-hydrogen) atoms. The summed E-state index contributed by atoms with van der Waals surface area (Å²) in [6.45, 7) is 0. The first-order valence-corrected chi connectivity index (χ1v) is 1.46. The molecular formula is C2H4ClNO. The van der Waals surface area contributed by atoms with Crippen LogP contribution in [0, 0.1) is 0 Å². The highest BCUT2D eigenvalue weighted by Gasteiger charge is 1.50. The lowest BCUT2D eigenvalue weighted by Gasteiger charge is -1.74. The van der Waals surface area contributed by atoms with Gasteiger partial charge in [-0.25, -0.2) is 0 Å². The molecule has 0 aromatic carbocycles. The molecule has 0 aliphatic heterocycles. The molecule has 3 heteroatoms. The van der Waals surface area contributed by atoms with Gasteiger partial charge in [0.15, 0.2) is 0 Å². The molecule has 0 aliphatic carbocycles. The van der Waals surface area contributed by atoms with Crippen molar-refractivity contribution in [2.75, 3.05) is 0 Å². The van der Waals surface area contributed by atoms with Gasteiger partial charge in [0.05, 0.1) is 0 Å². The van der Waals surface area contributed by atoms with Gasteiger partial charge in [0.25, 0.3) is 0 Å². The Bertz CT molecular complexity index is 36.6. The van der Waals surface area contributed by atoms with Crippen molar-refractivity contribution in [2.24, 2.45) is 5.90 Å². The zero-order valence-corrected chi connectivity index (χ0v) is 3.27. The van der Waals surface area contributed by atoms with Crippen LogP contribution in [0.1, 0.15) is 0 Å². The van der Waals surface area contributed by atoms with Crippen LogP contribution < -0.4 is 5.90 Å². The molecule has 0 radical (unpaired) electrons. The molecule has 0 atom stereocenters. The molecule has 0 rings (SSSR count). The minimum atomic E-state index is 1.17. The van der Waals surface area contributed by atoms with Crippen LogP contribution in [0.15, 0.2) is 11.8 Å². The van der Waals surface area contributed by atoms with E-state index in [0.717, 1.165) is 0 Å². The second-order valence-corrected chi connectivity index (χ2v) is 0.650. The van der Waals surface area contributed by atoms with Crippen LogP contribution in [-0.4, -0.2) is 0 Å². The third-order valence-corrected chi connectivity index (χ3v) is 0.233. The highest BCUT2D eigenvalue weighted by atomic mass is 35.5. The van der Waals surface area contributed by atoms with Crippen LogP contribution in [-0.2, 0) is 4.84 Å². The van der Waals surface area contributed by atoms with Crippen molar-refractivity contribution in [3.8, 4) is 0 Å². The van der Waals surface area contributed by atoms with Crippen molar-refractivity contribution in [3.63, 3.8) is 0 Å². The van der Waals surface area contributed by atoms with E-state index in [1.807, 2.05) is 0 Å². The Kier molecular flexibility index (Phi) is 3.63. The van der Waals surface area contributed by atoms with Crippen LogP contribution in [0.5, 0.6) is 0 Å². The molecule has 0 amide bonds. The number of hydrogen-bond acceptors (Lipinski definition) is 2. The predicted octanol–water partition coefficient (Wildman–Crippen LogP) is 0.587. The molecule has 0 saturated heterocycles. The van der Waals surface area contributed by atoms with Gasteiger partial charge < -0.3 is 4.84 Å². The Hall–Kier alpha value is -0.210. The highest BCUT2D eigenvalue weighted by Crippen LogP contribution is 1.72. The molecule has 0 spiro atoms. The van der Waals surface area contributed by atoms with Crippen molar-refractivity contribution in [2.45, 2.75) is 0 Å². The third kappa shape index (κ3) is 3.79. The van der Waals surface area contributed by atoms with Crippen LogP contribution in [0.25, 0.3) is 0 Å². The first-order chi connectivity index (χ1) is 2.41. The second-order valence-electron chi connectivity index (χ2n) is 0.398. The average molecular weight is 93.5 g/mol. The second kappa shape index (κ2) is 3.79. The number of rotatable bonds is 1. The lowest BCUT2D eigenvalue weighted by Crippen LogP contribution is -1.85. The molecule has 0 aromatic rings. The molecule has 0 aliphatic rings. The number of nitrogens with two attached hydrogens (primary N) is 1. The smallest absolute Gasteiger partial charge is 0.122 e. The lowest BCUT2D eigenvalue weighted by molar-refractivity contribution is 0.262. The zero-order chi connectivity index (χ0) is 4.12. The molecule has 0 bridgehead atoms. The fourth-order valence-electron chi connectivity index (χ4n) is 0.0297. The Morgan fingerprint density at radius 3 is 2.40 bits per heavy atom. The molecule has 2 nitrogen and oxygen atoms in total. The average Bonchev–Trinajstić information content (AvgIpc) is 1.41. The summed E-state index contributed by atoms with van der Waals surface area (Å²) in [5.74, 6) is 4.47. The van der Waals surface area contributed by atoms with E-state index in [4.69, 9.17) is 11.6 Å². The molecule has 0 fully saturated rings. The van der Waals surface area contributed by atoms with Crippen molar-refractivity contribution < 1.29 is 4.84 Å². The molecular weight excluding hydrogens is 89.5 g/mol. The van der Waals surface area contributed by atoms with E-state index in [1.54, 1.807) is 0 Å². The summed E-state index contributed by atoms with van der Waals surface area (Å²) in [6, 6.07) is 0. The van der Waals surface area contributed by atoms with E-state index in [0.29, 0.717) is 0 Å². The summed E-state index contributed by atoms with van der Waals surface area (Å²) in [5.41, 5.74) is 1.18. The first kappa shape index (κ1) is 4.79. The maximum Gasteiger partial charge on any atom is 0.122 e. The van der Waals surface area contributed by atoms with Crippen molar-refractivity contribution in [1.82, 2.24) is 0 Å². The Labute approximate surface area is 35.1 Å². The van der Waals surface area contributed by atoms with Gasteiger partial charge >= 0.3 is 0 Å². The van der Waals surface area contributed by atoms with Gasteiger partial charge in [0, 0.05) is 5.54 Å². The summed E-state index contributed by atoms with van der Waals surface area (Å²) < 4.78 is 0. The minimum absolute atomic E-state index is 1.17. The van der Waals surface area contributed by atoms with E-state index >= 15 is 0 Å². The summed E-state index contributed by atoms with van der Waals surface area (Å²) in [4.78, 5) is 3.88. The van der Waals surface area contributed by atoms with Crippen molar-refractivity contribution in [3.05, 3.63) is 11.8 Å². The predicted molar refractivity (Wildman–Crippen MR) is 20.3 cm³/mol.